The highest BCUT2D eigenvalue weighted by atomic mass is 79.9. The molecule has 0 aromatic carbocycles. The molecule has 0 aliphatic heterocycles. The van der Waals surface area contributed by atoms with Gasteiger partial charge in [-0.25, -0.2) is 0 Å². The normalized spacial score (nSPS) is 10.8. The van der Waals surface area contributed by atoms with Crippen molar-refractivity contribution in [1.82, 2.24) is 9.78 Å². The second-order valence-corrected chi connectivity index (χ2v) is 3.82. The third-order valence-electron chi connectivity index (χ3n) is 1.85. The van der Waals surface area contributed by atoms with Gasteiger partial charge < -0.3 is 4.74 Å². The second-order valence-electron chi connectivity index (χ2n) is 3.02. The lowest BCUT2D eigenvalue weighted by Gasteiger charge is -2.03. The Bertz CT molecular complexity index is 283. The minimum atomic E-state index is 0.631. The molecule has 0 atom stereocenters. The summed E-state index contributed by atoms with van der Waals surface area (Å²) in [6, 6.07) is 0. The SMILES string of the molecule is CCCOCc1c(Br)c(C)nn1C. The Balaban J connectivity index is 2.64. The van der Waals surface area contributed by atoms with E-state index in [2.05, 4.69) is 28.0 Å². The van der Waals surface area contributed by atoms with Gasteiger partial charge in [-0.3, -0.25) is 4.68 Å². The molecule has 0 unspecified atom stereocenters. The highest BCUT2D eigenvalue weighted by Gasteiger charge is 2.09. The van der Waals surface area contributed by atoms with Crippen molar-refractivity contribution in [3.05, 3.63) is 15.9 Å². The average molecular weight is 247 g/mol. The lowest BCUT2D eigenvalue weighted by Crippen LogP contribution is -2.02. The molecule has 1 aromatic heterocycles. The van der Waals surface area contributed by atoms with Crippen molar-refractivity contribution >= 4 is 15.9 Å². The van der Waals surface area contributed by atoms with E-state index in [0.29, 0.717) is 6.61 Å². The Morgan fingerprint density at radius 3 is 2.69 bits per heavy atom. The predicted molar refractivity (Wildman–Crippen MR) is 55.6 cm³/mol. The number of aromatic nitrogens is 2. The molecule has 0 amide bonds. The monoisotopic (exact) mass is 246 g/mol. The van der Waals surface area contributed by atoms with Gasteiger partial charge in [0.25, 0.3) is 0 Å². The zero-order chi connectivity index (χ0) is 9.84. The molecule has 0 aliphatic carbocycles. The molecular formula is C9H15BrN2O. The van der Waals surface area contributed by atoms with Crippen LogP contribution in [0.4, 0.5) is 0 Å². The number of hydrogen-bond acceptors (Lipinski definition) is 2. The third kappa shape index (κ3) is 2.54. The van der Waals surface area contributed by atoms with E-state index in [4.69, 9.17) is 4.74 Å². The molecule has 0 spiro atoms. The molecule has 0 saturated carbocycles. The number of hydrogen-bond donors (Lipinski definition) is 0. The van der Waals surface area contributed by atoms with E-state index in [-0.39, 0.29) is 0 Å². The van der Waals surface area contributed by atoms with E-state index in [1.54, 1.807) is 0 Å². The maximum absolute atomic E-state index is 5.45. The minimum Gasteiger partial charge on any atom is -0.375 e. The summed E-state index contributed by atoms with van der Waals surface area (Å²) in [7, 11) is 1.93. The van der Waals surface area contributed by atoms with E-state index in [1.165, 1.54) is 0 Å². The van der Waals surface area contributed by atoms with E-state index >= 15 is 0 Å². The van der Waals surface area contributed by atoms with Crippen LogP contribution in [0.5, 0.6) is 0 Å². The number of nitrogens with zero attached hydrogens (tertiary/aromatic N) is 2. The first-order chi connectivity index (χ1) is 6.16. The Kier molecular flexibility index (Phi) is 3.93. The van der Waals surface area contributed by atoms with Gasteiger partial charge in [0.1, 0.15) is 0 Å². The van der Waals surface area contributed by atoms with Gasteiger partial charge in [-0.2, -0.15) is 5.10 Å². The molecule has 3 nitrogen and oxygen atoms in total. The Morgan fingerprint density at radius 2 is 2.23 bits per heavy atom. The second kappa shape index (κ2) is 4.77. The van der Waals surface area contributed by atoms with E-state index < -0.39 is 0 Å². The third-order valence-corrected chi connectivity index (χ3v) is 2.88. The Morgan fingerprint density at radius 1 is 1.54 bits per heavy atom. The van der Waals surface area contributed by atoms with Crippen molar-refractivity contribution in [2.45, 2.75) is 26.9 Å². The maximum Gasteiger partial charge on any atom is 0.0896 e. The lowest BCUT2D eigenvalue weighted by molar-refractivity contribution is 0.116. The van der Waals surface area contributed by atoms with E-state index in [9.17, 15) is 0 Å². The summed E-state index contributed by atoms with van der Waals surface area (Å²) in [4.78, 5) is 0. The summed E-state index contributed by atoms with van der Waals surface area (Å²) in [5.41, 5.74) is 2.11. The van der Waals surface area contributed by atoms with Gasteiger partial charge in [-0.1, -0.05) is 6.92 Å². The molecule has 0 fully saturated rings. The smallest absolute Gasteiger partial charge is 0.0896 e. The number of rotatable bonds is 4. The minimum absolute atomic E-state index is 0.631. The number of ether oxygens (including phenoxy) is 1. The molecule has 0 radical (unpaired) electrons. The average Bonchev–Trinajstić information content (AvgIpc) is 2.32. The first-order valence-corrected chi connectivity index (χ1v) is 5.21. The summed E-state index contributed by atoms with van der Waals surface area (Å²) in [6.45, 7) is 5.51. The molecule has 0 N–H and O–H groups in total. The van der Waals surface area contributed by atoms with Crippen molar-refractivity contribution in [3.8, 4) is 0 Å². The standard InChI is InChI=1S/C9H15BrN2O/c1-4-5-13-6-8-9(10)7(2)11-12(8)3/h4-6H2,1-3H3. The summed E-state index contributed by atoms with van der Waals surface area (Å²) in [5, 5.41) is 4.28. The number of halogens is 1. The predicted octanol–water partition coefficient (Wildman–Crippen LogP) is 2.42. The molecule has 0 bridgehead atoms. The van der Waals surface area contributed by atoms with E-state index in [0.717, 1.165) is 28.9 Å². The number of aryl methyl sites for hydroxylation is 2. The Labute approximate surface area is 87.2 Å². The topological polar surface area (TPSA) is 27.1 Å². The summed E-state index contributed by atoms with van der Waals surface area (Å²) in [5.74, 6) is 0. The van der Waals surface area contributed by atoms with E-state index in [1.807, 2.05) is 18.7 Å². The molecule has 74 valence electrons. The largest absolute Gasteiger partial charge is 0.375 e. The van der Waals surface area contributed by atoms with Gasteiger partial charge in [0.15, 0.2) is 0 Å². The molecule has 1 rings (SSSR count). The zero-order valence-electron chi connectivity index (χ0n) is 8.30. The van der Waals surface area contributed by atoms with Gasteiger partial charge in [-0.15, -0.1) is 0 Å². The zero-order valence-corrected chi connectivity index (χ0v) is 9.89. The van der Waals surface area contributed by atoms with Gasteiger partial charge in [0.05, 0.1) is 22.5 Å². The van der Waals surface area contributed by atoms with Crippen LogP contribution in [0.3, 0.4) is 0 Å². The molecule has 0 aliphatic rings. The fourth-order valence-electron chi connectivity index (χ4n) is 1.15. The van der Waals surface area contributed by atoms with Crippen LogP contribution in [0.1, 0.15) is 24.7 Å². The molecule has 4 heteroatoms. The molecule has 1 aromatic rings. The van der Waals surface area contributed by atoms with Crippen molar-refractivity contribution in [2.24, 2.45) is 7.05 Å². The van der Waals surface area contributed by atoms with Gasteiger partial charge in [-0.05, 0) is 29.3 Å². The first-order valence-electron chi connectivity index (χ1n) is 4.42. The molecule has 0 saturated heterocycles. The summed E-state index contributed by atoms with van der Waals surface area (Å²) >= 11 is 3.49. The van der Waals surface area contributed by atoms with Crippen LogP contribution in [-0.4, -0.2) is 16.4 Å². The van der Waals surface area contributed by atoms with Crippen LogP contribution in [0, 0.1) is 6.92 Å². The molecule has 1 heterocycles. The van der Waals surface area contributed by atoms with Crippen LogP contribution in [0.25, 0.3) is 0 Å². The Hall–Kier alpha value is -0.350. The van der Waals surface area contributed by atoms with Crippen LogP contribution in [0.2, 0.25) is 0 Å². The quantitative estimate of drug-likeness (QED) is 0.764. The molecular weight excluding hydrogens is 232 g/mol. The van der Waals surface area contributed by atoms with Crippen LogP contribution >= 0.6 is 15.9 Å². The van der Waals surface area contributed by atoms with Gasteiger partial charge in [0.2, 0.25) is 0 Å². The van der Waals surface area contributed by atoms with Crippen LogP contribution in [0.15, 0.2) is 4.47 Å². The van der Waals surface area contributed by atoms with Crippen molar-refractivity contribution in [1.29, 1.82) is 0 Å². The fourth-order valence-corrected chi connectivity index (χ4v) is 1.60. The summed E-state index contributed by atoms with van der Waals surface area (Å²) in [6.07, 6.45) is 1.05. The van der Waals surface area contributed by atoms with Crippen molar-refractivity contribution in [3.63, 3.8) is 0 Å². The van der Waals surface area contributed by atoms with Crippen molar-refractivity contribution < 1.29 is 4.74 Å². The lowest BCUT2D eigenvalue weighted by atomic mass is 10.4. The highest BCUT2D eigenvalue weighted by Crippen LogP contribution is 2.20. The molecule has 13 heavy (non-hydrogen) atoms. The maximum atomic E-state index is 5.45. The highest BCUT2D eigenvalue weighted by molar-refractivity contribution is 9.10. The van der Waals surface area contributed by atoms with Crippen LogP contribution in [-0.2, 0) is 18.4 Å². The summed E-state index contributed by atoms with van der Waals surface area (Å²) < 4.78 is 8.37. The first kappa shape index (κ1) is 10.7. The van der Waals surface area contributed by atoms with Gasteiger partial charge >= 0.3 is 0 Å². The van der Waals surface area contributed by atoms with Gasteiger partial charge in [0, 0.05) is 13.7 Å². The van der Waals surface area contributed by atoms with Crippen molar-refractivity contribution in [2.75, 3.05) is 6.61 Å². The fraction of sp³-hybridized carbons (Fsp3) is 0.667. The van der Waals surface area contributed by atoms with Crippen LogP contribution < -0.4 is 0 Å².